The van der Waals surface area contributed by atoms with E-state index in [-0.39, 0.29) is 13.2 Å². The summed E-state index contributed by atoms with van der Waals surface area (Å²) in [5.41, 5.74) is -0.721. The summed E-state index contributed by atoms with van der Waals surface area (Å²) in [4.78, 5) is 4.03. The zero-order chi connectivity index (χ0) is 9.47. The van der Waals surface area contributed by atoms with Gasteiger partial charge < -0.3 is 4.74 Å². The first-order valence-electron chi connectivity index (χ1n) is 3.70. The van der Waals surface area contributed by atoms with Gasteiger partial charge >= 0.3 is 0 Å². The number of ether oxygens (including phenoxy) is 1. The van der Waals surface area contributed by atoms with E-state index in [1.165, 1.54) is 0 Å². The minimum absolute atomic E-state index is 0.135. The molecule has 1 aliphatic heterocycles. The summed E-state index contributed by atoms with van der Waals surface area (Å²) < 4.78 is 19.9. The van der Waals surface area contributed by atoms with Crippen LogP contribution in [0.15, 0.2) is 21.3 Å². The third kappa shape index (κ3) is 1.78. The van der Waals surface area contributed by atoms with Gasteiger partial charge in [0, 0.05) is 0 Å². The van der Waals surface area contributed by atoms with E-state index >= 15 is 0 Å². The monoisotopic (exact) mass is 309 g/mol. The fraction of sp³-hybridized carbons (Fsp3) is 0.375. The van der Waals surface area contributed by atoms with Crippen LogP contribution in [0.1, 0.15) is 5.56 Å². The third-order valence-corrected chi connectivity index (χ3v) is 2.75. The molecule has 0 atom stereocenters. The molecule has 2 rings (SSSR count). The van der Waals surface area contributed by atoms with Crippen LogP contribution in [-0.2, 0) is 10.4 Å². The molecule has 0 aliphatic carbocycles. The number of halogens is 3. The van der Waals surface area contributed by atoms with Gasteiger partial charge in [-0.05, 0) is 49.6 Å². The van der Waals surface area contributed by atoms with Crippen molar-refractivity contribution in [3.8, 4) is 0 Å². The van der Waals surface area contributed by atoms with E-state index < -0.39 is 5.67 Å². The Morgan fingerprint density at radius 3 is 2.23 bits per heavy atom. The first-order chi connectivity index (χ1) is 6.10. The van der Waals surface area contributed by atoms with Gasteiger partial charge in [-0.3, -0.25) is 0 Å². The molecular formula is C8H6Br2FNO. The van der Waals surface area contributed by atoms with Crippen molar-refractivity contribution in [1.82, 2.24) is 4.98 Å². The van der Waals surface area contributed by atoms with Crippen LogP contribution in [0.4, 0.5) is 4.39 Å². The number of alkyl halides is 1. The zero-order valence-electron chi connectivity index (χ0n) is 6.56. The summed E-state index contributed by atoms with van der Waals surface area (Å²) >= 11 is 6.42. The highest BCUT2D eigenvalue weighted by Gasteiger charge is 2.41. The van der Waals surface area contributed by atoms with Crippen molar-refractivity contribution in [2.24, 2.45) is 0 Å². The molecule has 0 bridgehead atoms. The van der Waals surface area contributed by atoms with Crippen molar-refractivity contribution in [2.45, 2.75) is 5.67 Å². The molecule has 1 aromatic rings. The summed E-state index contributed by atoms with van der Waals surface area (Å²) in [7, 11) is 0. The number of rotatable bonds is 1. The smallest absolute Gasteiger partial charge is 0.182 e. The van der Waals surface area contributed by atoms with E-state index in [2.05, 4.69) is 36.8 Å². The summed E-state index contributed by atoms with van der Waals surface area (Å²) in [5, 5.41) is 0. The fourth-order valence-corrected chi connectivity index (χ4v) is 2.28. The SMILES string of the molecule is FC1(c2cc(Br)nc(Br)c2)COC1. The molecule has 0 amide bonds. The van der Waals surface area contributed by atoms with E-state index in [0.717, 1.165) is 0 Å². The fourth-order valence-electron chi connectivity index (χ4n) is 1.17. The van der Waals surface area contributed by atoms with Gasteiger partial charge in [0.1, 0.15) is 9.21 Å². The van der Waals surface area contributed by atoms with Gasteiger partial charge in [0.2, 0.25) is 0 Å². The van der Waals surface area contributed by atoms with E-state index in [1.807, 2.05) is 0 Å². The predicted octanol–water partition coefficient (Wildman–Crippen LogP) is 2.80. The van der Waals surface area contributed by atoms with Crippen LogP contribution in [-0.4, -0.2) is 18.2 Å². The Hall–Kier alpha value is -0.0000000000000000763. The average Bonchev–Trinajstić information content (AvgIpc) is 1.98. The van der Waals surface area contributed by atoms with Crippen molar-refractivity contribution in [3.05, 3.63) is 26.9 Å². The minimum Gasteiger partial charge on any atom is -0.374 e. The lowest BCUT2D eigenvalue weighted by molar-refractivity contribution is -0.135. The van der Waals surface area contributed by atoms with Crippen LogP contribution in [0.5, 0.6) is 0 Å². The van der Waals surface area contributed by atoms with Crippen molar-refractivity contribution in [2.75, 3.05) is 13.2 Å². The van der Waals surface area contributed by atoms with Crippen molar-refractivity contribution < 1.29 is 9.13 Å². The van der Waals surface area contributed by atoms with Gasteiger partial charge in [-0.15, -0.1) is 0 Å². The second kappa shape index (κ2) is 3.29. The van der Waals surface area contributed by atoms with Gasteiger partial charge in [-0.25, -0.2) is 9.37 Å². The molecule has 13 heavy (non-hydrogen) atoms. The minimum atomic E-state index is -1.33. The quantitative estimate of drug-likeness (QED) is 0.744. The van der Waals surface area contributed by atoms with E-state index in [0.29, 0.717) is 14.8 Å². The van der Waals surface area contributed by atoms with Crippen LogP contribution in [0.25, 0.3) is 0 Å². The number of hydrogen-bond acceptors (Lipinski definition) is 2. The molecule has 70 valence electrons. The van der Waals surface area contributed by atoms with Crippen LogP contribution >= 0.6 is 31.9 Å². The molecular weight excluding hydrogens is 305 g/mol. The third-order valence-electron chi connectivity index (χ3n) is 1.94. The van der Waals surface area contributed by atoms with Crippen LogP contribution in [0.2, 0.25) is 0 Å². The van der Waals surface area contributed by atoms with Gasteiger partial charge in [-0.1, -0.05) is 0 Å². The highest BCUT2D eigenvalue weighted by Crippen LogP contribution is 2.35. The number of hydrogen-bond donors (Lipinski definition) is 0. The lowest BCUT2D eigenvalue weighted by Gasteiger charge is -2.34. The number of aromatic nitrogens is 1. The maximum Gasteiger partial charge on any atom is 0.182 e. The molecule has 5 heteroatoms. The van der Waals surface area contributed by atoms with Crippen LogP contribution in [0, 0.1) is 0 Å². The summed E-state index contributed by atoms with van der Waals surface area (Å²) in [6.07, 6.45) is 0. The molecule has 1 fully saturated rings. The molecule has 0 N–H and O–H groups in total. The van der Waals surface area contributed by atoms with Gasteiger partial charge in [-0.2, -0.15) is 0 Å². The molecule has 2 nitrogen and oxygen atoms in total. The maximum atomic E-state index is 13.8. The molecule has 0 spiro atoms. The van der Waals surface area contributed by atoms with Gasteiger partial charge in [0.05, 0.1) is 13.2 Å². The second-order valence-corrected chi connectivity index (χ2v) is 4.58. The second-order valence-electron chi connectivity index (χ2n) is 2.96. The molecule has 1 aromatic heterocycles. The van der Waals surface area contributed by atoms with E-state index in [9.17, 15) is 4.39 Å². The summed E-state index contributed by atoms with van der Waals surface area (Å²) in [6, 6.07) is 3.35. The molecule has 0 radical (unpaired) electrons. The standard InChI is InChI=1S/C8H6Br2FNO/c9-6-1-5(2-7(10)12-6)8(11)3-13-4-8/h1-2H,3-4H2. The van der Waals surface area contributed by atoms with Crippen molar-refractivity contribution in [3.63, 3.8) is 0 Å². The Labute approximate surface area is 91.8 Å². The highest BCUT2D eigenvalue weighted by molar-refractivity contribution is 9.11. The lowest BCUT2D eigenvalue weighted by Crippen LogP contribution is -2.42. The van der Waals surface area contributed by atoms with Crippen molar-refractivity contribution in [1.29, 1.82) is 0 Å². The molecule has 0 unspecified atom stereocenters. The number of nitrogens with zero attached hydrogens (tertiary/aromatic N) is 1. The van der Waals surface area contributed by atoms with Crippen LogP contribution in [0.3, 0.4) is 0 Å². The first-order valence-corrected chi connectivity index (χ1v) is 5.29. The lowest BCUT2D eigenvalue weighted by atomic mass is 9.95. The van der Waals surface area contributed by atoms with Gasteiger partial charge in [0.15, 0.2) is 5.67 Å². The van der Waals surface area contributed by atoms with Gasteiger partial charge in [0.25, 0.3) is 0 Å². The molecule has 1 aliphatic rings. The van der Waals surface area contributed by atoms with E-state index in [4.69, 9.17) is 4.74 Å². The van der Waals surface area contributed by atoms with Crippen molar-refractivity contribution >= 4 is 31.9 Å². The average molecular weight is 311 g/mol. The Morgan fingerprint density at radius 1 is 1.31 bits per heavy atom. The topological polar surface area (TPSA) is 22.1 Å². The predicted molar refractivity (Wildman–Crippen MR) is 53.2 cm³/mol. The molecule has 1 saturated heterocycles. The maximum absolute atomic E-state index is 13.8. The van der Waals surface area contributed by atoms with Crippen LogP contribution < -0.4 is 0 Å². The summed E-state index contributed by atoms with van der Waals surface area (Å²) in [5.74, 6) is 0. The number of pyridine rings is 1. The Bertz CT molecular complexity index is 321. The Kier molecular flexibility index (Phi) is 2.42. The molecule has 2 heterocycles. The molecule has 0 aromatic carbocycles. The summed E-state index contributed by atoms with van der Waals surface area (Å²) in [6.45, 7) is 0.270. The Balaban J connectivity index is 2.39. The first kappa shape index (κ1) is 9.55. The largest absolute Gasteiger partial charge is 0.374 e. The normalized spacial score (nSPS) is 19.6. The highest BCUT2D eigenvalue weighted by atomic mass is 79.9. The molecule has 0 saturated carbocycles. The zero-order valence-corrected chi connectivity index (χ0v) is 9.73. The van der Waals surface area contributed by atoms with E-state index in [1.54, 1.807) is 12.1 Å². The Morgan fingerprint density at radius 2 is 1.85 bits per heavy atom.